The molecule has 0 saturated heterocycles. The van der Waals surface area contributed by atoms with Crippen LogP contribution in [-0.4, -0.2) is 19.6 Å². The number of halogens is 2. The second kappa shape index (κ2) is 10.9. The van der Waals surface area contributed by atoms with E-state index in [1.165, 1.54) is 0 Å². The lowest BCUT2D eigenvalue weighted by molar-refractivity contribution is 0.0950. The lowest BCUT2D eigenvalue weighted by Crippen LogP contribution is -2.23. The second-order valence-corrected chi connectivity index (χ2v) is 7.46. The first kappa shape index (κ1) is 22.8. The molecule has 0 aliphatic rings. The first-order valence-electron chi connectivity index (χ1n) is 9.75. The molecule has 0 saturated carbocycles. The number of carbonyl (C=O) groups excluding carboxylic acids is 1. The van der Waals surface area contributed by atoms with Crippen LogP contribution >= 0.6 is 23.2 Å². The van der Waals surface area contributed by atoms with Gasteiger partial charge >= 0.3 is 0 Å². The molecule has 31 heavy (non-hydrogen) atoms. The van der Waals surface area contributed by atoms with Gasteiger partial charge in [-0.25, -0.2) is 0 Å². The Morgan fingerprint density at radius 1 is 0.903 bits per heavy atom. The Morgan fingerprint density at radius 3 is 2.39 bits per heavy atom. The number of para-hydroxylation sites is 2. The summed E-state index contributed by atoms with van der Waals surface area (Å²) in [4.78, 5) is 12.7. The molecule has 0 aromatic heterocycles. The van der Waals surface area contributed by atoms with Gasteiger partial charge in [0.2, 0.25) is 0 Å². The summed E-state index contributed by atoms with van der Waals surface area (Å²) in [5.41, 5.74) is 2.03. The Kier molecular flexibility index (Phi) is 8.04. The quantitative estimate of drug-likeness (QED) is 0.432. The number of ether oxygens (including phenoxy) is 3. The number of nitrogens with one attached hydrogen (secondary N) is 1. The van der Waals surface area contributed by atoms with E-state index in [4.69, 9.17) is 37.4 Å². The Hall–Kier alpha value is -2.89. The van der Waals surface area contributed by atoms with Crippen LogP contribution in [0.15, 0.2) is 60.7 Å². The largest absolute Gasteiger partial charge is 0.493 e. The van der Waals surface area contributed by atoms with E-state index in [0.29, 0.717) is 39.5 Å². The van der Waals surface area contributed by atoms with Gasteiger partial charge in [0.1, 0.15) is 12.4 Å². The summed E-state index contributed by atoms with van der Waals surface area (Å²) in [7, 11) is 1.59. The zero-order valence-corrected chi connectivity index (χ0v) is 18.8. The van der Waals surface area contributed by atoms with Gasteiger partial charge in [0, 0.05) is 27.7 Å². The molecule has 0 aliphatic carbocycles. The van der Waals surface area contributed by atoms with E-state index < -0.39 is 0 Å². The highest BCUT2D eigenvalue weighted by Crippen LogP contribution is 2.29. The maximum Gasteiger partial charge on any atom is 0.251 e. The molecule has 0 unspecified atom stereocenters. The molecule has 0 atom stereocenters. The molecule has 0 heterocycles. The minimum absolute atomic E-state index is 0.222. The molecule has 1 N–H and O–H groups in total. The number of hydrogen-bond acceptors (Lipinski definition) is 4. The molecule has 7 heteroatoms. The van der Waals surface area contributed by atoms with E-state index in [2.05, 4.69) is 5.32 Å². The van der Waals surface area contributed by atoms with Crippen LogP contribution in [0.4, 0.5) is 0 Å². The average Bonchev–Trinajstić information content (AvgIpc) is 2.78. The van der Waals surface area contributed by atoms with Crippen LogP contribution in [0, 0.1) is 0 Å². The Morgan fingerprint density at radius 2 is 1.68 bits per heavy atom. The molecule has 3 aromatic rings. The fourth-order valence-corrected chi connectivity index (χ4v) is 3.44. The summed E-state index contributed by atoms with van der Waals surface area (Å²) in [6.07, 6.45) is 0. The molecule has 5 nitrogen and oxygen atoms in total. The van der Waals surface area contributed by atoms with Gasteiger partial charge in [-0.15, -0.1) is 0 Å². The van der Waals surface area contributed by atoms with Crippen molar-refractivity contribution in [3.05, 3.63) is 87.4 Å². The topological polar surface area (TPSA) is 56.8 Å². The van der Waals surface area contributed by atoms with Gasteiger partial charge in [-0.05, 0) is 55.0 Å². The number of rotatable bonds is 9. The van der Waals surface area contributed by atoms with Crippen LogP contribution in [0.5, 0.6) is 17.2 Å². The van der Waals surface area contributed by atoms with Gasteiger partial charge in [0.25, 0.3) is 5.91 Å². The summed E-state index contributed by atoms with van der Waals surface area (Å²) < 4.78 is 17.0. The number of hydrogen-bond donors (Lipinski definition) is 1. The number of methoxy groups -OCH3 is 1. The molecule has 0 bridgehead atoms. The summed E-state index contributed by atoms with van der Waals surface area (Å²) in [6.45, 7) is 2.92. The molecular weight excluding hydrogens is 437 g/mol. The van der Waals surface area contributed by atoms with Crippen molar-refractivity contribution >= 4 is 29.1 Å². The van der Waals surface area contributed by atoms with Gasteiger partial charge in [-0.3, -0.25) is 4.79 Å². The molecule has 0 fully saturated rings. The molecule has 0 aliphatic heterocycles. The van der Waals surface area contributed by atoms with E-state index in [9.17, 15) is 4.79 Å². The molecule has 3 aromatic carbocycles. The van der Waals surface area contributed by atoms with Crippen LogP contribution in [0.3, 0.4) is 0 Å². The first-order chi connectivity index (χ1) is 15.0. The first-order valence-corrected chi connectivity index (χ1v) is 10.5. The predicted molar refractivity (Wildman–Crippen MR) is 123 cm³/mol. The molecular formula is C24H23Cl2NO4. The van der Waals surface area contributed by atoms with Crippen molar-refractivity contribution < 1.29 is 19.0 Å². The third-order valence-corrected chi connectivity index (χ3v) is 5.12. The van der Waals surface area contributed by atoms with Crippen molar-refractivity contribution in [2.24, 2.45) is 0 Å². The summed E-state index contributed by atoms with van der Waals surface area (Å²) in [5, 5.41) is 3.93. The maximum absolute atomic E-state index is 12.7. The summed E-state index contributed by atoms with van der Waals surface area (Å²) in [5.74, 6) is 1.68. The summed E-state index contributed by atoms with van der Waals surface area (Å²) >= 11 is 12.1. The van der Waals surface area contributed by atoms with Crippen LogP contribution in [0.1, 0.15) is 28.4 Å². The monoisotopic (exact) mass is 459 g/mol. The van der Waals surface area contributed by atoms with Crippen molar-refractivity contribution in [2.45, 2.75) is 20.1 Å². The Balaban J connectivity index is 1.74. The molecule has 3 rings (SSSR count). The predicted octanol–water partition coefficient (Wildman–Crippen LogP) is 5.91. The van der Waals surface area contributed by atoms with E-state index in [1.807, 2.05) is 31.2 Å². The highest BCUT2D eigenvalue weighted by Gasteiger charge is 2.13. The minimum atomic E-state index is -0.229. The highest BCUT2D eigenvalue weighted by molar-refractivity contribution is 6.35. The normalized spacial score (nSPS) is 10.5. The van der Waals surface area contributed by atoms with Crippen molar-refractivity contribution in [2.75, 3.05) is 13.7 Å². The summed E-state index contributed by atoms with van der Waals surface area (Å²) in [6, 6.07) is 17.8. The second-order valence-electron chi connectivity index (χ2n) is 6.61. The van der Waals surface area contributed by atoms with E-state index in [0.717, 1.165) is 11.1 Å². The standard InChI is InChI=1S/C24H23Cl2NO4/c1-3-30-21-11-9-16(24(28)27-14-17-8-10-19(25)13-20(17)26)12-18(21)15-31-23-7-5-4-6-22(23)29-2/h4-13H,3,14-15H2,1-2H3,(H,27,28). The molecule has 1 amide bonds. The van der Waals surface area contributed by atoms with Gasteiger partial charge in [-0.1, -0.05) is 41.4 Å². The SMILES string of the molecule is CCOc1ccc(C(=O)NCc2ccc(Cl)cc2Cl)cc1COc1ccccc1OC. The van der Waals surface area contributed by atoms with Crippen molar-refractivity contribution in [3.8, 4) is 17.2 Å². The third-order valence-electron chi connectivity index (χ3n) is 4.53. The average molecular weight is 460 g/mol. The Labute approximate surface area is 191 Å². The Bertz CT molecular complexity index is 1060. The van der Waals surface area contributed by atoms with Crippen molar-refractivity contribution in [1.82, 2.24) is 5.32 Å². The van der Waals surface area contributed by atoms with Crippen molar-refractivity contribution in [3.63, 3.8) is 0 Å². The number of benzene rings is 3. The van der Waals surface area contributed by atoms with Gasteiger partial charge in [0.05, 0.1) is 13.7 Å². The fourth-order valence-electron chi connectivity index (χ4n) is 2.97. The fraction of sp³-hybridized carbons (Fsp3) is 0.208. The smallest absolute Gasteiger partial charge is 0.251 e. The van der Waals surface area contributed by atoms with Crippen LogP contribution in [-0.2, 0) is 13.2 Å². The van der Waals surface area contributed by atoms with E-state index in [1.54, 1.807) is 43.5 Å². The van der Waals surface area contributed by atoms with Crippen LogP contribution in [0.2, 0.25) is 10.0 Å². The van der Waals surface area contributed by atoms with E-state index in [-0.39, 0.29) is 19.1 Å². The lowest BCUT2D eigenvalue weighted by atomic mass is 10.1. The third kappa shape index (κ3) is 6.06. The zero-order chi connectivity index (χ0) is 22.2. The van der Waals surface area contributed by atoms with Crippen molar-refractivity contribution in [1.29, 1.82) is 0 Å². The number of carbonyl (C=O) groups is 1. The highest BCUT2D eigenvalue weighted by atomic mass is 35.5. The van der Waals surface area contributed by atoms with Crippen LogP contribution < -0.4 is 19.5 Å². The molecule has 162 valence electrons. The minimum Gasteiger partial charge on any atom is -0.493 e. The molecule has 0 spiro atoms. The van der Waals surface area contributed by atoms with Crippen LogP contribution in [0.25, 0.3) is 0 Å². The number of amides is 1. The van der Waals surface area contributed by atoms with Gasteiger partial charge < -0.3 is 19.5 Å². The maximum atomic E-state index is 12.7. The van der Waals surface area contributed by atoms with E-state index >= 15 is 0 Å². The molecule has 0 radical (unpaired) electrons. The zero-order valence-electron chi connectivity index (χ0n) is 17.3. The van der Waals surface area contributed by atoms with Gasteiger partial charge in [0.15, 0.2) is 11.5 Å². The lowest BCUT2D eigenvalue weighted by Gasteiger charge is -2.15. The van der Waals surface area contributed by atoms with Gasteiger partial charge in [-0.2, -0.15) is 0 Å².